The first-order valence-corrected chi connectivity index (χ1v) is 3.89. The normalized spacial score (nSPS) is 14.3. The van der Waals surface area contributed by atoms with Gasteiger partial charge in [-0.2, -0.15) is 0 Å². The summed E-state index contributed by atoms with van der Waals surface area (Å²) in [5.74, 6) is 0. The standard InChI is InChI=1S/C6H9BrFNO2/c1-4(7)5(2-8)3-9-6(10)11/h2,4,9H,3H2,1H3,(H,10,11)/b5-2-. The molecule has 11 heavy (non-hydrogen) atoms. The van der Waals surface area contributed by atoms with E-state index in [4.69, 9.17) is 5.11 Å². The van der Waals surface area contributed by atoms with Gasteiger partial charge in [-0.1, -0.05) is 15.9 Å². The molecular formula is C6H9BrFNO2. The van der Waals surface area contributed by atoms with Crippen molar-refractivity contribution in [2.75, 3.05) is 6.54 Å². The summed E-state index contributed by atoms with van der Waals surface area (Å²) < 4.78 is 11.9. The quantitative estimate of drug-likeness (QED) is 0.722. The Bertz CT molecular complexity index is 170. The highest BCUT2D eigenvalue weighted by Crippen LogP contribution is 2.10. The third-order valence-corrected chi connectivity index (χ3v) is 1.68. The molecule has 0 aliphatic heterocycles. The van der Waals surface area contributed by atoms with Gasteiger partial charge >= 0.3 is 6.09 Å². The number of halogens is 2. The van der Waals surface area contributed by atoms with Crippen LogP contribution in [0.15, 0.2) is 11.9 Å². The van der Waals surface area contributed by atoms with Crippen LogP contribution < -0.4 is 5.32 Å². The molecule has 0 fully saturated rings. The first-order valence-electron chi connectivity index (χ1n) is 2.98. The fourth-order valence-corrected chi connectivity index (χ4v) is 0.705. The van der Waals surface area contributed by atoms with Crippen molar-refractivity contribution in [2.24, 2.45) is 0 Å². The lowest BCUT2D eigenvalue weighted by molar-refractivity contribution is 0.195. The van der Waals surface area contributed by atoms with Gasteiger partial charge in [0.15, 0.2) is 0 Å². The van der Waals surface area contributed by atoms with Crippen LogP contribution in [-0.4, -0.2) is 22.6 Å². The van der Waals surface area contributed by atoms with Gasteiger partial charge in [0.1, 0.15) is 0 Å². The van der Waals surface area contributed by atoms with Crippen LogP contribution in [0.4, 0.5) is 9.18 Å². The van der Waals surface area contributed by atoms with Crippen LogP contribution in [0.3, 0.4) is 0 Å². The highest BCUT2D eigenvalue weighted by Gasteiger charge is 2.05. The molecule has 0 aromatic rings. The van der Waals surface area contributed by atoms with Crippen molar-refractivity contribution in [3.05, 3.63) is 11.9 Å². The summed E-state index contributed by atoms with van der Waals surface area (Å²) in [5.41, 5.74) is 0.368. The van der Waals surface area contributed by atoms with E-state index in [-0.39, 0.29) is 11.4 Å². The van der Waals surface area contributed by atoms with Crippen LogP contribution in [-0.2, 0) is 0 Å². The average molecular weight is 226 g/mol. The SMILES string of the molecule is CC(Br)/C(=C\F)CNC(=O)O. The molecule has 0 aliphatic carbocycles. The minimum absolute atomic E-state index is 0.0122. The second-order valence-corrected chi connectivity index (χ2v) is 3.33. The molecule has 0 radical (unpaired) electrons. The van der Waals surface area contributed by atoms with Crippen molar-refractivity contribution >= 4 is 22.0 Å². The van der Waals surface area contributed by atoms with E-state index >= 15 is 0 Å². The molecule has 3 nitrogen and oxygen atoms in total. The smallest absolute Gasteiger partial charge is 0.404 e. The number of hydrogen-bond acceptors (Lipinski definition) is 1. The molecule has 64 valence electrons. The van der Waals surface area contributed by atoms with E-state index in [2.05, 4.69) is 21.2 Å². The number of carboxylic acid groups (broad SMARTS) is 1. The predicted octanol–water partition coefficient (Wildman–Crippen LogP) is 1.89. The summed E-state index contributed by atoms with van der Waals surface area (Å²) in [5, 5.41) is 10.2. The highest BCUT2D eigenvalue weighted by molar-refractivity contribution is 9.09. The van der Waals surface area contributed by atoms with Crippen LogP contribution >= 0.6 is 15.9 Å². The predicted molar refractivity (Wildman–Crippen MR) is 43.6 cm³/mol. The first-order chi connectivity index (χ1) is 5.07. The van der Waals surface area contributed by atoms with Gasteiger partial charge in [-0.3, -0.25) is 0 Å². The Labute approximate surface area is 72.4 Å². The average Bonchev–Trinajstić information content (AvgIpc) is 1.87. The molecule has 0 saturated carbocycles. The summed E-state index contributed by atoms with van der Waals surface area (Å²) in [6.45, 7) is 1.73. The Morgan fingerprint density at radius 2 is 2.45 bits per heavy atom. The number of nitrogens with one attached hydrogen (secondary N) is 1. The maximum Gasteiger partial charge on any atom is 0.404 e. The number of rotatable bonds is 3. The molecule has 0 spiro atoms. The van der Waals surface area contributed by atoms with E-state index in [9.17, 15) is 9.18 Å². The summed E-state index contributed by atoms with van der Waals surface area (Å²) in [7, 11) is 0. The maximum atomic E-state index is 11.9. The first kappa shape index (κ1) is 10.4. The number of amides is 1. The minimum atomic E-state index is -1.16. The Morgan fingerprint density at radius 3 is 2.73 bits per heavy atom. The van der Waals surface area contributed by atoms with E-state index < -0.39 is 6.09 Å². The summed E-state index contributed by atoms with van der Waals surface area (Å²) in [4.78, 5) is 9.81. The van der Waals surface area contributed by atoms with E-state index in [0.717, 1.165) is 0 Å². The van der Waals surface area contributed by atoms with Crippen molar-refractivity contribution in [3.8, 4) is 0 Å². The van der Waals surface area contributed by atoms with Crippen molar-refractivity contribution in [2.45, 2.75) is 11.8 Å². The van der Waals surface area contributed by atoms with Crippen LogP contribution in [0, 0.1) is 0 Å². The molecule has 1 atom stereocenters. The molecule has 0 heterocycles. The fourth-order valence-electron chi connectivity index (χ4n) is 0.444. The van der Waals surface area contributed by atoms with Crippen LogP contribution in [0.25, 0.3) is 0 Å². The maximum absolute atomic E-state index is 11.9. The highest BCUT2D eigenvalue weighted by atomic mass is 79.9. The third-order valence-electron chi connectivity index (χ3n) is 1.09. The number of alkyl halides is 1. The summed E-state index contributed by atoms with van der Waals surface area (Å²) in [6, 6.07) is 0. The zero-order valence-corrected chi connectivity index (χ0v) is 7.56. The van der Waals surface area contributed by atoms with Gasteiger partial charge in [-0.05, 0) is 12.5 Å². The van der Waals surface area contributed by atoms with Gasteiger partial charge in [0, 0.05) is 11.4 Å². The minimum Gasteiger partial charge on any atom is -0.465 e. The Hall–Kier alpha value is -0.580. The molecule has 5 heteroatoms. The van der Waals surface area contributed by atoms with Gasteiger partial charge in [-0.25, -0.2) is 9.18 Å². The molecule has 0 bridgehead atoms. The lowest BCUT2D eigenvalue weighted by Crippen LogP contribution is -2.25. The monoisotopic (exact) mass is 225 g/mol. The summed E-state index contributed by atoms with van der Waals surface area (Å²) >= 11 is 3.11. The van der Waals surface area contributed by atoms with E-state index in [0.29, 0.717) is 11.9 Å². The molecule has 1 amide bonds. The van der Waals surface area contributed by atoms with Gasteiger partial charge in [0.25, 0.3) is 0 Å². The Morgan fingerprint density at radius 1 is 1.91 bits per heavy atom. The van der Waals surface area contributed by atoms with Gasteiger partial charge in [0.05, 0.1) is 6.33 Å². The molecule has 0 aliphatic rings. The Kier molecular flexibility index (Phi) is 4.85. The third kappa shape index (κ3) is 4.78. The lowest BCUT2D eigenvalue weighted by Gasteiger charge is -2.06. The lowest BCUT2D eigenvalue weighted by atomic mass is 10.2. The van der Waals surface area contributed by atoms with Crippen LogP contribution in [0.1, 0.15) is 6.92 Å². The molecule has 1 unspecified atom stereocenters. The number of hydrogen-bond donors (Lipinski definition) is 2. The molecular weight excluding hydrogens is 217 g/mol. The van der Waals surface area contributed by atoms with Crippen LogP contribution in [0.2, 0.25) is 0 Å². The molecule has 2 N–H and O–H groups in total. The molecule has 0 rings (SSSR count). The summed E-state index contributed by atoms with van der Waals surface area (Å²) in [6.07, 6.45) is -0.757. The molecule has 0 saturated heterocycles. The van der Waals surface area contributed by atoms with Crippen molar-refractivity contribution in [3.63, 3.8) is 0 Å². The molecule has 0 aromatic carbocycles. The van der Waals surface area contributed by atoms with Gasteiger partial charge in [0.2, 0.25) is 0 Å². The zero-order chi connectivity index (χ0) is 8.85. The second-order valence-electron chi connectivity index (χ2n) is 1.96. The largest absolute Gasteiger partial charge is 0.465 e. The second kappa shape index (κ2) is 5.12. The van der Waals surface area contributed by atoms with E-state index in [1.807, 2.05) is 0 Å². The zero-order valence-electron chi connectivity index (χ0n) is 5.97. The van der Waals surface area contributed by atoms with Gasteiger partial charge in [-0.15, -0.1) is 0 Å². The molecule has 0 aromatic heterocycles. The van der Waals surface area contributed by atoms with E-state index in [1.165, 1.54) is 0 Å². The van der Waals surface area contributed by atoms with Gasteiger partial charge < -0.3 is 10.4 Å². The van der Waals surface area contributed by atoms with Crippen LogP contribution in [0.5, 0.6) is 0 Å². The topological polar surface area (TPSA) is 49.3 Å². The van der Waals surface area contributed by atoms with Crippen molar-refractivity contribution in [1.82, 2.24) is 5.32 Å². The van der Waals surface area contributed by atoms with Crippen molar-refractivity contribution < 1.29 is 14.3 Å². The number of carbonyl (C=O) groups is 1. The Balaban J connectivity index is 3.81. The van der Waals surface area contributed by atoms with E-state index in [1.54, 1.807) is 6.92 Å². The fraction of sp³-hybridized carbons (Fsp3) is 0.500. The van der Waals surface area contributed by atoms with Crippen molar-refractivity contribution in [1.29, 1.82) is 0 Å².